The number of likely N-dealkylation sites (tertiary alicyclic amines) is 1. The van der Waals surface area contributed by atoms with Crippen LogP contribution in [0.2, 0.25) is 0 Å². The van der Waals surface area contributed by atoms with Gasteiger partial charge >= 0.3 is 0 Å². The van der Waals surface area contributed by atoms with Gasteiger partial charge in [-0.1, -0.05) is 30.3 Å². The molecule has 0 aliphatic carbocycles. The lowest BCUT2D eigenvalue weighted by Crippen LogP contribution is -2.39. The molecule has 7 heteroatoms. The van der Waals surface area contributed by atoms with E-state index < -0.39 is 4.92 Å². The molecule has 0 spiro atoms. The van der Waals surface area contributed by atoms with Gasteiger partial charge < -0.3 is 10.2 Å². The number of nitro groups is 1. The summed E-state index contributed by atoms with van der Waals surface area (Å²) in [7, 11) is 0. The van der Waals surface area contributed by atoms with Crippen LogP contribution < -0.4 is 5.32 Å². The zero-order valence-corrected chi connectivity index (χ0v) is 16.0. The van der Waals surface area contributed by atoms with Crippen LogP contribution in [-0.2, 0) is 11.2 Å². The van der Waals surface area contributed by atoms with Crippen molar-refractivity contribution in [3.63, 3.8) is 0 Å². The second kappa shape index (κ2) is 9.51. The summed E-state index contributed by atoms with van der Waals surface area (Å²) in [5, 5.41) is 22.9. The van der Waals surface area contributed by atoms with E-state index in [1.807, 2.05) is 24.3 Å². The van der Waals surface area contributed by atoms with Crippen LogP contribution in [0.25, 0.3) is 0 Å². The summed E-state index contributed by atoms with van der Waals surface area (Å²) in [6, 6.07) is 18.1. The molecule has 0 bridgehead atoms. The number of hydrogen-bond donors (Lipinski definition) is 1. The number of nitriles is 1. The summed E-state index contributed by atoms with van der Waals surface area (Å²) < 4.78 is 0. The van der Waals surface area contributed by atoms with Crippen molar-refractivity contribution in [1.82, 2.24) is 4.90 Å². The van der Waals surface area contributed by atoms with Crippen molar-refractivity contribution in [3.8, 4) is 6.07 Å². The average Bonchev–Trinajstić information content (AvgIpc) is 2.75. The fourth-order valence-corrected chi connectivity index (χ4v) is 3.43. The highest BCUT2D eigenvalue weighted by molar-refractivity contribution is 5.97. The largest absolute Gasteiger partial charge is 0.360 e. The molecule has 1 N–H and O–H groups in total. The summed E-state index contributed by atoms with van der Waals surface area (Å²) in [4.78, 5) is 24.6. The lowest BCUT2D eigenvalue weighted by Gasteiger charge is -2.32. The van der Waals surface area contributed by atoms with Crippen LogP contribution in [0, 0.1) is 27.4 Å². The molecule has 3 rings (SSSR count). The minimum absolute atomic E-state index is 0.0184. The fraction of sp³-hybridized carbons (Fsp3) is 0.273. The van der Waals surface area contributed by atoms with E-state index in [0.717, 1.165) is 19.3 Å². The van der Waals surface area contributed by atoms with Crippen LogP contribution in [-0.4, -0.2) is 28.8 Å². The van der Waals surface area contributed by atoms with E-state index in [1.54, 1.807) is 4.90 Å². The molecule has 7 nitrogen and oxygen atoms in total. The zero-order chi connectivity index (χ0) is 20.6. The number of carbonyl (C=O) groups excluding carboxylic acids is 1. The van der Waals surface area contributed by atoms with Gasteiger partial charge in [-0.15, -0.1) is 0 Å². The highest BCUT2D eigenvalue weighted by Crippen LogP contribution is 2.23. The number of nitrogens with one attached hydrogen (secondary N) is 1. The second-order valence-corrected chi connectivity index (χ2v) is 7.04. The molecule has 1 aliphatic heterocycles. The normalized spacial score (nSPS) is 14.9. The number of non-ortho nitro benzene ring substituents is 1. The molecule has 29 heavy (non-hydrogen) atoms. The van der Waals surface area contributed by atoms with Crippen LogP contribution in [0.5, 0.6) is 0 Å². The minimum Gasteiger partial charge on any atom is -0.360 e. The zero-order valence-electron chi connectivity index (χ0n) is 16.0. The van der Waals surface area contributed by atoms with Crippen LogP contribution in [0.15, 0.2) is 66.4 Å². The first kappa shape index (κ1) is 20.1. The van der Waals surface area contributed by atoms with Gasteiger partial charge in [0.15, 0.2) is 0 Å². The summed E-state index contributed by atoms with van der Waals surface area (Å²) in [6.07, 6.45) is 4.19. The second-order valence-electron chi connectivity index (χ2n) is 7.04. The number of anilines is 1. The van der Waals surface area contributed by atoms with Gasteiger partial charge in [0.1, 0.15) is 11.6 Å². The van der Waals surface area contributed by atoms with E-state index >= 15 is 0 Å². The third kappa shape index (κ3) is 5.42. The Hall–Kier alpha value is -3.66. The lowest BCUT2D eigenvalue weighted by molar-refractivity contribution is -0.384. The summed E-state index contributed by atoms with van der Waals surface area (Å²) in [5.74, 6) is 0.245. The Bertz CT molecular complexity index is 925. The van der Waals surface area contributed by atoms with Crippen molar-refractivity contribution in [3.05, 3.63) is 82.0 Å². The van der Waals surface area contributed by atoms with Gasteiger partial charge in [-0.3, -0.25) is 14.9 Å². The van der Waals surface area contributed by atoms with Gasteiger partial charge in [-0.05, 0) is 42.9 Å². The predicted molar refractivity (Wildman–Crippen MR) is 110 cm³/mol. The predicted octanol–water partition coefficient (Wildman–Crippen LogP) is 3.90. The van der Waals surface area contributed by atoms with E-state index in [1.165, 1.54) is 36.0 Å². The van der Waals surface area contributed by atoms with Crippen LogP contribution >= 0.6 is 0 Å². The first-order valence-corrected chi connectivity index (χ1v) is 9.51. The van der Waals surface area contributed by atoms with Gasteiger partial charge in [0.2, 0.25) is 0 Å². The number of piperidine rings is 1. The smallest absolute Gasteiger partial charge is 0.269 e. The third-order valence-electron chi connectivity index (χ3n) is 5.08. The van der Waals surface area contributed by atoms with Crippen LogP contribution in [0.3, 0.4) is 0 Å². The Morgan fingerprint density at radius 1 is 1.17 bits per heavy atom. The van der Waals surface area contributed by atoms with E-state index in [4.69, 9.17) is 0 Å². The number of nitrogens with zero attached hydrogens (tertiary/aromatic N) is 3. The Morgan fingerprint density at radius 3 is 2.41 bits per heavy atom. The van der Waals surface area contributed by atoms with Crippen LogP contribution in [0.4, 0.5) is 11.4 Å². The van der Waals surface area contributed by atoms with Crippen molar-refractivity contribution in [1.29, 1.82) is 5.26 Å². The Labute approximate surface area is 169 Å². The molecule has 2 aromatic carbocycles. The summed E-state index contributed by atoms with van der Waals surface area (Å²) >= 11 is 0. The van der Waals surface area contributed by atoms with Gasteiger partial charge in [0.25, 0.3) is 11.6 Å². The van der Waals surface area contributed by atoms with Gasteiger partial charge in [-0.25, -0.2) is 0 Å². The SMILES string of the molecule is N#C/C(=C/Nc1ccc([N+](=O)[O-])cc1)C(=O)N1CCC(Cc2ccccc2)CC1. The average molecular weight is 390 g/mol. The molecule has 0 atom stereocenters. The lowest BCUT2D eigenvalue weighted by atomic mass is 9.90. The quantitative estimate of drug-likeness (QED) is 0.349. The molecule has 0 radical (unpaired) electrons. The minimum atomic E-state index is -0.481. The highest BCUT2D eigenvalue weighted by Gasteiger charge is 2.25. The first-order valence-electron chi connectivity index (χ1n) is 9.51. The molecule has 0 unspecified atom stereocenters. The number of amides is 1. The Balaban J connectivity index is 1.55. The number of benzene rings is 2. The maximum absolute atomic E-state index is 12.7. The Morgan fingerprint density at radius 2 is 1.83 bits per heavy atom. The fourth-order valence-electron chi connectivity index (χ4n) is 3.43. The van der Waals surface area contributed by atoms with E-state index in [0.29, 0.717) is 24.7 Å². The molecule has 0 saturated carbocycles. The highest BCUT2D eigenvalue weighted by atomic mass is 16.6. The van der Waals surface area contributed by atoms with Gasteiger partial charge in [0.05, 0.1) is 4.92 Å². The first-order chi connectivity index (χ1) is 14.1. The number of hydrogen-bond acceptors (Lipinski definition) is 5. The number of rotatable bonds is 6. The van der Waals surface area contributed by atoms with Crippen molar-refractivity contribution >= 4 is 17.3 Å². The van der Waals surface area contributed by atoms with Crippen LogP contribution in [0.1, 0.15) is 18.4 Å². The van der Waals surface area contributed by atoms with Gasteiger partial charge in [0, 0.05) is 37.1 Å². The van der Waals surface area contributed by atoms with Crippen molar-refractivity contribution in [2.75, 3.05) is 18.4 Å². The van der Waals surface area contributed by atoms with Crippen molar-refractivity contribution in [2.45, 2.75) is 19.3 Å². The standard InChI is InChI=1S/C22H22N4O3/c23-15-19(16-24-20-6-8-21(9-7-20)26(28)29)22(27)25-12-10-18(11-13-25)14-17-4-2-1-3-5-17/h1-9,16,18,24H,10-14H2/b19-16-. The molecule has 1 saturated heterocycles. The van der Waals surface area contributed by atoms with E-state index in [9.17, 15) is 20.2 Å². The van der Waals surface area contributed by atoms with Crippen molar-refractivity contribution in [2.24, 2.45) is 5.92 Å². The summed E-state index contributed by atoms with van der Waals surface area (Å²) in [6.45, 7) is 1.26. The topological polar surface area (TPSA) is 99.3 Å². The summed E-state index contributed by atoms with van der Waals surface area (Å²) in [5.41, 5.74) is 1.87. The molecule has 148 valence electrons. The van der Waals surface area contributed by atoms with Crippen molar-refractivity contribution < 1.29 is 9.72 Å². The van der Waals surface area contributed by atoms with E-state index in [2.05, 4.69) is 17.4 Å². The molecule has 2 aromatic rings. The molecule has 1 fully saturated rings. The molecule has 1 amide bonds. The van der Waals surface area contributed by atoms with Gasteiger partial charge in [-0.2, -0.15) is 5.26 Å². The maximum atomic E-state index is 12.7. The molecular formula is C22H22N4O3. The Kier molecular flexibility index (Phi) is 6.59. The third-order valence-corrected chi connectivity index (χ3v) is 5.08. The number of nitro benzene ring substituents is 1. The number of carbonyl (C=O) groups is 1. The molecule has 1 aliphatic rings. The molecule has 1 heterocycles. The van der Waals surface area contributed by atoms with E-state index in [-0.39, 0.29) is 17.2 Å². The molecule has 0 aromatic heterocycles. The monoisotopic (exact) mass is 390 g/mol. The molecular weight excluding hydrogens is 368 g/mol. The maximum Gasteiger partial charge on any atom is 0.269 e.